The number of halogens is 1. The van der Waals surface area contributed by atoms with E-state index >= 15 is 0 Å². The highest BCUT2D eigenvalue weighted by molar-refractivity contribution is 5.89. The van der Waals surface area contributed by atoms with Gasteiger partial charge >= 0.3 is 12.0 Å². The Labute approximate surface area is 175 Å². The molecule has 9 heteroatoms. The number of hydrogen-bond acceptors (Lipinski definition) is 8. The van der Waals surface area contributed by atoms with Gasteiger partial charge in [-0.1, -0.05) is 19.0 Å². The summed E-state index contributed by atoms with van der Waals surface area (Å²) in [6.45, 7) is 9.98. The number of hydrogen-bond donors (Lipinski definition) is 0. The van der Waals surface area contributed by atoms with E-state index in [2.05, 4.69) is 31.6 Å². The molecule has 1 fully saturated rings. The quantitative estimate of drug-likeness (QED) is 0.603. The van der Waals surface area contributed by atoms with Gasteiger partial charge in [-0.3, -0.25) is 4.90 Å². The molecule has 1 aromatic carbocycles. The van der Waals surface area contributed by atoms with Crippen LogP contribution in [-0.4, -0.2) is 66.9 Å². The Morgan fingerprint density at radius 3 is 2.57 bits per heavy atom. The van der Waals surface area contributed by atoms with E-state index in [4.69, 9.17) is 9.26 Å². The summed E-state index contributed by atoms with van der Waals surface area (Å²) < 4.78 is 29.7. The Balaban J connectivity index is 1.44. The van der Waals surface area contributed by atoms with Crippen LogP contribution >= 0.6 is 0 Å². The molecule has 0 N–H and O–H groups in total. The molecule has 1 saturated heterocycles. The van der Waals surface area contributed by atoms with Crippen molar-refractivity contribution in [2.45, 2.75) is 39.2 Å². The van der Waals surface area contributed by atoms with E-state index in [-0.39, 0.29) is 17.2 Å². The molecule has 0 aliphatic carbocycles. The van der Waals surface area contributed by atoms with Crippen molar-refractivity contribution in [3.05, 3.63) is 35.4 Å². The topological polar surface area (TPSA) is 80.9 Å². The third-order valence-electron chi connectivity index (χ3n) is 5.30. The number of ether oxygens (including phenoxy) is 2. The SMILES string of the molecule is COC(=O)c1ccc(OCCC(C)N2CCN(c3nc(C(C)C)no3)CC2)c(F)c1. The fourth-order valence-electron chi connectivity index (χ4n) is 3.33. The van der Waals surface area contributed by atoms with E-state index < -0.39 is 11.8 Å². The van der Waals surface area contributed by atoms with Gasteiger partial charge in [0.1, 0.15) is 0 Å². The van der Waals surface area contributed by atoms with Gasteiger partial charge < -0.3 is 18.9 Å². The van der Waals surface area contributed by atoms with E-state index in [1.807, 2.05) is 13.8 Å². The second kappa shape index (κ2) is 9.88. The summed E-state index contributed by atoms with van der Waals surface area (Å²) in [7, 11) is 1.26. The summed E-state index contributed by atoms with van der Waals surface area (Å²) in [5.74, 6) is -0.0409. The highest BCUT2D eigenvalue weighted by Gasteiger charge is 2.24. The molecule has 2 aromatic rings. The summed E-state index contributed by atoms with van der Waals surface area (Å²) >= 11 is 0. The number of anilines is 1. The zero-order valence-corrected chi connectivity index (χ0v) is 17.9. The first-order valence-corrected chi connectivity index (χ1v) is 10.2. The van der Waals surface area contributed by atoms with Gasteiger partial charge in [0.05, 0.1) is 19.3 Å². The fraction of sp³-hybridized carbons (Fsp3) is 0.571. The van der Waals surface area contributed by atoms with Crippen LogP contribution in [0.15, 0.2) is 22.7 Å². The molecule has 3 rings (SSSR count). The molecule has 1 unspecified atom stereocenters. The van der Waals surface area contributed by atoms with Gasteiger partial charge in [0.15, 0.2) is 17.4 Å². The summed E-state index contributed by atoms with van der Waals surface area (Å²) in [6, 6.07) is 4.96. The van der Waals surface area contributed by atoms with Gasteiger partial charge in [0, 0.05) is 38.1 Å². The maximum atomic E-state index is 14.1. The predicted octanol–water partition coefficient (Wildman–Crippen LogP) is 3.10. The Kier molecular flexibility index (Phi) is 7.25. The molecule has 0 bridgehead atoms. The van der Waals surface area contributed by atoms with Gasteiger partial charge in [-0.15, -0.1) is 0 Å². The number of rotatable bonds is 8. The molecule has 1 aliphatic heterocycles. The number of nitrogens with zero attached hydrogens (tertiary/aromatic N) is 4. The molecule has 164 valence electrons. The smallest absolute Gasteiger partial charge is 0.337 e. The molecule has 30 heavy (non-hydrogen) atoms. The first kappa shape index (κ1) is 22.0. The Hall–Kier alpha value is -2.68. The van der Waals surface area contributed by atoms with Gasteiger partial charge in [0.25, 0.3) is 0 Å². The average molecular weight is 420 g/mol. The minimum atomic E-state index is -0.575. The van der Waals surface area contributed by atoms with Crippen molar-refractivity contribution >= 4 is 12.0 Å². The number of benzene rings is 1. The molecule has 0 saturated carbocycles. The van der Waals surface area contributed by atoms with E-state index in [1.54, 1.807) is 0 Å². The number of aromatic nitrogens is 2. The lowest BCUT2D eigenvalue weighted by molar-refractivity contribution is 0.0600. The average Bonchev–Trinajstić information content (AvgIpc) is 3.25. The van der Waals surface area contributed by atoms with Gasteiger partial charge in [-0.05, 0) is 31.5 Å². The van der Waals surface area contributed by atoms with Gasteiger partial charge in [-0.25, -0.2) is 9.18 Å². The third kappa shape index (κ3) is 5.27. The van der Waals surface area contributed by atoms with Crippen LogP contribution in [0.2, 0.25) is 0 Å². The minimum absolute atomic E-state index is 0.136. The van der Waals surface area contributed by atoms with E-state index in [0.29, 0.717) is 18.7 Å². The maximum Gasteiger partial charge on any atom is 0.337 e. The van der Waals surface area contributed by atoms with Crippen molar-refractivity contribution < 1.29 is 23.2 Å². The monoisotopic (exact) mass is 420 g/mol. The van der Waals surface area contributed by atoms with Crippen LogP contribution < -0.4 is 9.64 Å². The normalized spacial score (nSPS) is 16.0. The highest BCUT2D eigenvalue weighted by atomic mass is 19.1. The lowest BCUT2D eigenvalue weighted by Crippen LogP contribution is -2.50. The van der Waals surface area contributed by atoms with Crippen molar-refractivity contribution in [1.29, 1.82) is 0 Å². The van der Waals surface area contributed by atoms with Crippen molar-refractivity contribution in [3.8, 4) is 5.75 Å². The molecule has 0 amide bonds. The molecular formula is C21H29FN4O4. The van der Waals surface area contributed by atoms with Crippen LogP contribution in [0.1, 0.15) is 49.3 Å². The van der Waals surface area contributed by atoms with Gasteiger partial charge in [-0.2, -0.15) is 4.98 Å². The second-order valence-corrected chi connectivity index (χ2v) is 7.74. The van der Waals surface area contributed by atoms with Gasteiger partial charge in [0.2, 0.25) is 0 Å². The predicted molar refractivity (Wildman–Crippen MR) is 109 cm³/mol. The molecule has 1 aromatic heterocycles. The number of carbonyl (C=O) groups excluding carboxylic acids is 1. The number of carbonyl (C=O) groups is 1. The van der Waals surface area contributed by atoms with Crippen LogP contribution in [0.4, 0.5) is 10.4 Å². The molecule has 0 radical (unpaired) electrons. The third-order valence-corrected chi connectivity index (χ3v) is 5.30. The summed E-state index contributed by atoms with van der Waals surface area (Å²) in [5, 5.41) is 4.03. The van der Waals surface area contributed by atoms with Crippen molar-refractivity contribution in [2.75, 3.05) is 44.8 Å². The number of methoxy groups -OCH3 is 1. The van der Waals surface area contributed by atoms with Crippen LogP contribution in [0.3, 0.4) is 0 Å². The number of piperazine rings is 1. The minimum Gasteiger partial charge on any atom is -0.490 e. The molecule has 0 spiro atoms. The summed E-state index contributed by atoms with van der Waals surface area (Å²) in [4.78, 5) is 20.4. The van der Waals surface area contributed by atoms with Crippen LogP contribution in [0, 0.1) is 5.82 Å². The lowest BCUT2D eigenvalue weighted by Gasteiger charge is -2.37. The van der Waals surface area contributed by atoms with E-state index in [1.165, 1.54) is 19.2 Å². The standard InChI is InChI=1S/C21H29FN4O4/c1-14(2)19-23-21(30-24-19)26-10-8-25(9-11-26)15(3)7-12-29-18-6-5-16(13-17(18)22)20(27)28-4/h5-6,13-15H,7-12H2,1-4H3. The van der Waals surface area contributed by atoms with Crippen molar-refractivity contribution in [2.24, 2.45) is 0 Å². The molecular weight excluding hydrogens is 391 g/mol. The maximum absolute atomic E-state index is 14.1. The highest BCUT2D eigenvalue weighted by Crippen LogP contribution is 2.21. The van der Waals surface area contributed by atoms with Crippen molar-refractivity contribution in [3.63, 3.8) is 0 Å². The van der Waals surface area contributed by atoms with Crippen LogP contribution in [0.25, 0.3) is 0 Å². The zero-order valence-electron chi connectivity index (χ0n) is 17.9. The molecule has 1 atom stereocenters. The molecule has 8 nitrogen and oxygen atoms in total. The largest absolute Gasteiger partial charge is 0.490 e. The summed E-state index contributed by atoms with van der Waals surface area (Å²) in [6.07, 6.45) is 0.760. The fourth-order valence-corrected chi connectivity index (χ4v) is 3.33. The second-order valence-electron chi connectivity index (χ2n) is 7.74. The Morgan fingerprint density at radius 2 is 1.97 bits per heavy atom. The number of esters is 1. The van der Waals surface area contributed by atoms with E-state index in [9.17, 15) is 9.18 Å². The summed E-state index contributed by atoms with van der Waals surface area (Å²) in [5.41, 5.74) is 0.162. The molecule has 2 heterocycles. The molecule has 1 aliphatic rings. The first-order valence-electron chi connectivity index (χ1n) is 10.2. The lowest BCUT2D eigenvalue weighted by atomic mass is 10.2. The Bertz CT molecular complexity index is 849. The Morgan fingerprint density at radius 1 is 1.23 bits per heavy atom. The first-order chi connectivity index (χ1) is 14.4. The zero-order chi connectivity index (χ0) is 21.7. The van der Waals surface area contributed by atoms with Crippen molar-refractivity contribution in [1.82, 2.24) is 15.0 Å². The van der Waals surface area contributed by atoms with Crippen LogP contribution in [0.5, 0.6) is 5.75 Å². The van der Waals surface area contributed by atoms with Crippen LogP contribution in [-0.2, 0) is 4.74 Å². The van der Waals surface area contributed by atoms with E-state index in [0.717, 1.165) is 44.5 Å².